The molecule has 0 aromatic heterocycles. The van der Waals surface area contributed by atoms with Crippen LogP contribution in [0.15, 0.2) is 53.4 Å². The van der Waals surface area contributed by atoms with Crippen LogP contribution in [0.4, 0.5) is 22.0 Å². The maximum atomic E-state index is 14.4. The smallest absolute Gasteiger partial charge is 0.202 e. The molecule has 0 saturated heterocycles. The van der Waals surface area contributed by atoms with Gasteiger partial charge in [0.25, 0.3) is 0 Å². The summed E-state index contributed by atoms with van der Waals surface area (Å²) in [4.78, 5) is -2.00. The molecule has 0 bridgehead atoms. The van der Waals surface area contributed by atoms with Gasteiger partial charge in [-0.15, -0.1) is 0 Å². The standard InChI is InChI=1S/C26H26F5IO3S/c1-25(2,3)15-7-11-17(12-8-15)32(18-13-9-16(10-14-18)26(4,5)6)35-36(33,34)24-22(30)20(28)19(27)21(29)23(24)31/h7-14H,1-6H3/q+1. The van der Waals surface area contributed by atoms with Crippen molar-refractivity contribution in [1.82, 2.24) is 0 Å². The lowest BCUT2D eigenvalue weighted by atomic mass is 9.87. The summed E-state index contributed by atoms with van der Waals surface area (Å²) >= 11 is -3.47. The number of hydrogen-bond donors (Lipinski definition) is 0. The van der Waals surface area contributed by atoms with Crippen molar-refractivity contribution in [3.05, 3.63) is 95.9 Å². The van der Waals surface area contributed by atoms with Crippen LogP contribution in [0.1, 0.15) is 52.7 Å². The van der Waals surface area contributed by atoms with Crippen molar-refractivity contribution in [3.63, 3.8) is 0 Å². The normalized spacial score (nSPS) is 12.9. The van der Waals surface area contributed by atoms with Crippen LogP contribution < -0.4 is 20.2 Å². The monoisotopic (exact) mass is 640 g/mol. The highest BCUT2D eigenvalue weighted by Crippen LogP contribution is 2.27. The molecule has 36 heavy (non-hydrogen) atoms. The second-order valence-electron chi connectivity index (χ2n) is 10.2. The molecular formula is C26H26F5IO3S+. The quantitative estimate of drug-likeness (QED) is 0.184. The molecule has 0 unspecified atom stereocenters. The Morgan fingerprint density at radius 3 is 1.19 bits per heavy atom. The van der Waals surface area contributed by atoms with Gasteiger partial charge in [-0.2, -0.15) is 8.42 Å². The summed E-state index contributed by atoms with van der Waals surface area (Å²) in [5.41, 5.74) is 1.50. The zero-order valence-corrected chi connectivity index (χ0v) is 23.5. The van der Waals surface area contributed by atoms with Gasteiger partial charge in [0.1, 0.15) is 0 Å². The lowest BCUT2D eigenvalue weighted by molar-refractivity contribution is -1.03. The lowest BCUT2D eigenvalue weighted by Crippen LogP contribution is -3.85. The van der Waals surface area contributed by atoms with E-state index in [1.165, 1.54) is 0 Å². The van der Waals surface area contributed by atoms with Crippen LogP contribution in [0.5, 0.6) is 0 Å². The summed E-state index contributed by atoms with van der Waals surface area (Å²) in [6.07, 6.45) is 0. The molecule has 0 aliphatic carbocycles. The summed E-state index contributed by atoms with van der Waals surface area (Å²) in [6.45, 7) is 12.0. The molecule has 0 aliphatic rings. The minimum Gasteiger partial charge on any atom is -0.202 e. The van der Waals surface area contributed by atoms with Crippen molar-refractivity contribution in [2.45, 2.75) is 57.3 Å². The average molecular weight is 640 g/mol. The summed E-state index contributed by atoms with van der Waals surface area (Å²) < 4.78 is 102. The molecule has 0 amide bonds. The molecule has 3 nitrogen and oxygen atoms in total. The topological polar surface area (TPSA) is 43.4 Å². The van der Waals surface area contributed by atoms with E-state index >= 15 is 0 Å². The molecule has 0 atom stereocenters. The lowest BCUT2D eigenvalue weighted by Gasteiger charge is -2.19. The molecule has 0 saturated carbocycles. The van der Waals surface area contributed by atoms with Crippen LogP contribution in [0.3, 0.4) is 0 Å². The minimum atomic E-state index is -5.38. The van der Waals surface area contributed by atoms with E-state index in [4.69, 9.17) is 2.51 Å². The van der Waals surface area contributed by atoms with E-state index in [0.717, 1.165) is 11.1 Å². The van der Waals surface area contributed by atoms with E-state index in [9.17, 15) is 30.4 Å². The molecule has 3 aromatic rings. The first-order chi connectivity index (χ1) is 16.4. The average Bonchev–Trinajstić information content (AvgIpc) is 2.79. The molecule has 1 radical (unpaired) electrons. The van der Waals surface area contributed by atoms with Gasteiger partial charge in [-0.1, -0.05) is 65.8 Å². The Balaban J connectivity index is 2.16. The molecule has 3 rings (SSSR count). The van der Waals surface area contributed by atoms with Crippen LogP contribution in [-0.4, -0.2) is 8.42 Å². The van der Waals surface area contributed by atoms with E-state index in [2.05, 4.69) is 0 Å². The Labute approximate surface area is 215 Å². The van der Waals surface area contributed by atoms with Gasteiger partial charge in [-0.3, -0.25) is 0 Å². The molecule has 0 fully saturated rings. The van der Waals surface area contributed by atoms with Gasteiger partial charge in [0.15, 0.2) is 35.3 Å². The van der Waals surface area contributed by atoms with Gasteiger partial charge in [-0.25, -0.2) is 22.0 Å². The Kier molecular flexibility index (Phi) is 7.93. The third-order valence-corrected chi connectivity index (χ3v) is 12.7. The molecular weight excluding hydrogens is 614 g/mol. The van der Waals surface area contributed by atoms with Crippen LogP contribution in [0.25, 0.3) is 0 Å². The second-order valence-corrected chi connectivity index (χ2v) is 16.6. The predicted molar refractivity (Wildman–Crippen MR) is 122 cm³/mol. The fraction of sp³-hybridized carbons (Fsp3) is 0.308. The van der Waals surface area contributed by atoms with Crippen molar-refractivity contribution in [2.24, 2.45) is 0 Å². The Hall–Kier alpha value is -2.05. The first-order valence-corrected chi connectivity index (χ1v) is 15.3. The zero-order chi connectivity index (χ0) is 27.2. The fourth-order valence-corrected chi connectivity index (χ4v) is 10.2. The van der Waals surface area contributed by atoms with Crippen molar-refractivity contribution in [1.29, 1.82) is 0 Å². The van der Waals surface area contributed by atoms with Gasteiger partial charge in [0.2, 0.25) is 5.82 Å². The Morgan fingerprint density at radius 2 is 0.889 bits per heavy atom. The molecule has 0 heterocycles. The first kappa shape index (κ1) is 28.5. The number of hydrogen-bond acceptors (Lipinski definition) is 3. The summed E-state index contributed by atoms with van der Waals surface area (Å²) in [5, 5.41) is 0. The fourth-order valence-electron chi connectivity index (χ4n) is 3.25. The van der Waals surface area contributed by atoms with E-state index in [0.29, 0.717) is 7.14 Å². The maximum Gasteiger partial charge on any atom is 0.342 e. The number of halogens is 6. The molecule has 10 heteroatoms. The van der Waals surface area contributed by atoms with Crippen molar-refractivity contribution in [2.75, 3.05) is 0 Å². The molecule has 3 aromatic carbocycles. The summed E-state index contributed by atoms with van der Waals surface area (Å²) in [6, 6.07) is 13.8. The predicted octanol–water partition coefficient (Wildman–Crippen LogP) is 3.96. The zero-order valence-electron chi connectivity index (χ0n) is 20.5. The van der Waals surface area contributed by atoms with Gasteiger partial charge in [0, 0.05) is 0 Å². The molecule has 0 aliphatic heterocycles. The third kappa shape index (κ3) is 5.75. The van der Waals surface area contributed by atoms with E-state index in [-0.39, 0.29) is 10.8 Å². The molecule has 0 N–H and O–H groups in total. The van der Waals surface area contributed by atoms with E-state index < -0.39 is 64.3 Å². The third-order valence-electron chi connectivity index (χ3n) is 5.38. The number of benzene rings is 3. The Morgan fingerprint density at radius 1 is 0.583 bits per heavy atom. The summed E-state index contributed by atoms with van der Waals surface area (Å²) in [5.74, 6) is -12.1. The van der Waals surface area contributed by atoms with Crippen LogP contribution in [-0.2, 0) is 23.5 Å². The number of rotatable bonds is 5. The van der Waals surface area contributed by atoms with Crippen LogP contribution in [0.2, 0.25) is 0 Å². The van der Waals surface area contributed by atoms with Crippen molar-refractivity contribution >= 4 is 10.1 Å². The van der Waals surface area contributed by atoms with Crippen molar-refractivity contribution in [3.8, 4) is 0 Å². The van der Waals surface area contributed by atoms with Gasteiger partial charge in [-0.05, 0) is 48.7 Å². The largest absolute Gasteiger partial charge is 0.342 e. The van der Waals surface area contributed by atoms with E-state index in [1.54, 1.807) is 48.5 Å². The summed E-state index contributed by atoms with van der Waals surface area (Å²) in [7, 11) is -5.38. The van der Waals surface area contributed by atoms with Gasteiger partial charge in [0.05, 0.1) is 0 Å². The first-order valence-electron chi connectivity index (χ1n) is 10.8. The van der Waals surface area contributed by atoms with Gasteiger partial charge >= 0.3 is 30.4 Å². The highest BCUT2D eigenvalue weighted by Gasteiger charge is 2.43. The van der Waals surface area contributed by atoms with Crippen LogP contribution >= 0.6 is 0 Å². The van der Waals surface area contributed by atoms with Crippen molar-refractivity contribution < 1.29 is 53.1 Å². The highest BCUT2D eigenvalue weighted by molar-refractivity contribution is 7.86. The Bertz CT molecular complexity index is 1290. The second kappa shape index (κ2) is 10.0. The van der Waals surface area contributed by atoms with E-state index in [1.807, 2.05) is 41.5 Å². The molecule has 195 valence electrons. The van der Waals surface area contributed by atoms with Crippen LogP contribution in [0, 0.1) is 36.2 Å². The van der Waals surface area contributed by atoms with Gasteiger partial charge < -0.3 is 0 Å². The maximum absolute atomic E-state index is 14.4. The highest BCUT2D eigenvalue weighted by atomic mass is 127. The minimum absolute atomic E-state index is 0.200. The SMILES string of the molecule is CC(C)(C)c1ccc([I+](OS(=O)(=O)c2c(F)c(F)c(F)c(F)c2F)c2ccc(C(C)(C)C)cc2)cc1. The molecule has 0 spiro atoms.